The molecule has 2 aromatic heterocycles. The zero-order chi connectivity index (χ0) is 15.9. The van der Waals surface area contributed by atoms with Crippen LogP contribution in [0.2, 0.25) is 0 Å². The summed E-state index contributed by atoms with van der Waals surface area (Å²) in [6, 6.07) is 2.19. The SMILES string of the molecule is C[C@@H](Nc1nc2c(c3cnccc13)C(O)NC=C2)C(C)(C)C. The molecule has 5 heteroatoms. The maximum Gasteiger partial charge on any atom is 0.153 e. The van der Waals surface area contributed by atoms with Crippen LogP contribution in [0.25, 0.3) is 16.8 Å². The lowest BCUT2D eigenvalue weighted by Crippen LogP contribution is -2.31. The molecule has 1 aliphatic heterocycles. The van der Waals surface area contributed by atoms with Crippen LogP contribution in [-0.2, 0) is 0 Å². The van der Waals surface area contributed by atoms with Gasteiger partial charge in [0.25, 0.3) is 0 Å². The highest BCUT2D eigenvalue weighted by atomic mass is 16.3. The van der Waals surface area contributed by atoms with E-state index in [1.165, 1.54) is 0 Å². The molecular formula is C17H22N4O. The third-order valence-electron chi connectivity index (χ3n) is 4.30. The summed E-state index contributed by atoms with van der Waals surface area (Å²) in [5.74, 6) is 0.831. The van der Waals surface area contributed by atoms with Crippen molar-refractivity contribution in [1.29, 1.82) is 0 Å². The van der Waals surface area contributed by atoms with Gasteiger partial charge in [-0.1, -0.05) is 20.8 Å². The number of aliphatic hydroxyl groups excluding tert-OH is 1. The number of aliphatic hydroxyl groups is 1. The summed E-state index contributed by atoms with van der Waals surface area (Å²) in [6.45, 7) is 8.74. The Labute approximate surface area is 130 Å². The zero-order valence-electron chi connectivity index (χ0n) is 13.4. The molecule has 0 aromatic carbocycles. The van der Waals surface area contributed by atoms with Gasteiger partial charge in [-0.15, -0.1) is 0 Å². The lowest BCUT2D eigenvalue weighted by Gasteiger charge is -2.30. The maximum atomic E-state index is 10.2. The molecule has 5 nitrogen and oxygen atoms in total. The maximum absolute atomic E-state index is 10.2. The van der Waals surface area contributed by atoms with Crippen LogP contribution in [0.5, 0.6) is 0 Å². The number of rotatable bonds is 2. The van der Waals surface area contributed by atoms with E-state index in [1.54, 1.807) is 18.6 Å². The first-order valence-corrected chi connectivity index (χ1v) is 7.53. The van der Waals surface area contributed by atoms with Crippen LogP contribution in [0, 0.1) is 5.41 Å². The van der Waals surface area contributed by atoms with Crippen molar-refractivity contribution in [1.82, 2.24) is 15.3 Å². The van der Waals surface area contributed by atoms with Crippen LogP contribution in [0.15, 0.2) is 24.7 Å². The van der Waals surface area contributed by atoms with Gasteiger partial charge in [-0.2, -0.15) is 0 Å². The summed E-state index contributed by atoms with van der Waals surface area (Å²) in [5, 5.41) is 18.5. The number of nitrogens with zero attached hydrogens (tertiary/aromatic N) is 2. The van der Waals surface area contributed by atoms with Gasteiger partial charge in [0, 0.05) is 41.0 Å². The molecule has 3 rings (SSSR count). The van der Waals surface area contributed by atoms with Crippen molar-refractivity contribution in [2.45, 2.75) is 40.0 Å². The van der Waals surface area contributed by atoms with E-state index in [0.29, 0.717) is 0 Å². The first-order valence-electron chi connectivity index (χ1n) is 7.53. The molecule has 0 aliphatic carbocycles. The fourth-order valence-electron chi connectivity index (χ4n) is 2.44. The zero-order valence-corrected chi connectivity index (χ0v) is 13.4. The van der Waals surface area contributed by atoms with Crippen molar-refractivity contribution < 1.29 is 5.11 Å². The fraction of sp³-hybridized carbons (Fsp3) is 0.412. The molecule has 0 bridgehead atoms. The van der Waals surface area contributed by atoms with Crippen molar-refractivity contribution in [2.75, 3.05) is 5.32 Å². The predicted octanol–water partition coefficient (Wildman–Crippen LogP) is 3.04. The molecule has 22 heavy (non-hydrogen) atoms. The van der Waals surface area contributed by atoms with Gasteiger partial charge in [-0.25, -0.2) is 4.98 Å². The smallest absolute Gasteiger partial charge is 0.153 e. The van der Waals surface area contributed by atoms with Crippen LogP contribution >= 0.6 is 0 Å². The average Bonchev–Trinajstić information content (AvgIpc) is 2.46. The first kappa shape index (κ1) is 14.8. The molecule has 0 amide bonds. The number of nitrogens with one attached hydrogen (secondary N) is 2. The van der Waals surface area contributed by atoms with E-state index in [-0.39, 0.29) is 11.5 Å². The van der Waals surface area contributed by atoms with Crippen LogP contribution in [-0.4, -0.2) is 21.1 Å². The normalized spacial score (nSPS) is 18.7. The Morgan fingerprint density at radius 2 is 2.09 bits per heavy atom. The monoisotopic (exact) mass is 298 g/mol. The van der Waals surface area contributed by atoms with Crippen molar-refractivity contribution in [2.24, 2.45) is 5.41 Å². The topological polar surface area (TPSA) is 70.1 Å². The Kier molecular flexibility index (Phi) is 3.53. The number of aromatic nitrogens is 2. The lowest BCUT2D eigenvalue weighted by molar-refractivity contribution is 0.155. The van der Waals surface area contributed by atoms with Gasteiger partial charge < -0.3 is 15.7 Å². The van der Waals surface area contributed by atoms with Crippen molar-refractivity contribution in [3.05, 3.63) is 35.9 Å². The second-order valence-corrected chi connectivity index (χ2v) is 6.82. The molecule has 0 spiro atoms. The van der Waals surface area contributed by atoms with Crippen molar-refractivity contribution >= 4 is 22.7 Å². The van der Waals surface area contributed by atoms with E-state index in [2.05, 4.69) is 43.3 Å². The molecule has 2 aromatic rings. The summed E-state index contributed by atoms with van der Waals surface area (Å²) < 4.78 is 0. The number of hydrogen-bond donors (Lipinski definition) is 3. The molecule has 1 unspecified atom stereocenters. The van der Waals surface area contributed by atoms with Crippen molar-refractivity contribution in [3.8, 4) is 0 Å². The summed E-state index contributed by atoms with van der Waals surface area (Å²) in [5.41, 5.74) is 1.67. The molecular weight excluding hydrogens is 276 g/mol. The quantitative estimate of drug-likeness (QED) is 0.795. The highest BCUT2D eigenvalue weighted by Crippen LogP contribution is 2.33. The Morgan fingerprint density at radius 3 is 2.82 bits per heavy atom. The van der Waals surface area contributed by atoms with E-state index in [9.17, 15) is 5.11 Å². The molecule has 1 aliphatic rings. The Bertz CT molecular complexity index is 733. The van der Waals surface area contributed by atoms with Crippen LogP contribution < -0.4 is 10.6 Å². The first-order chi connectivity index (χ1) is 10.4. The van der Waals surface area contributed by atoms with Crippen LogP contribution in [0.4, 0.5) is 5.82 Å². The Balaban J connectivity index is 2.16. The lowest BCUT2D eigenvalue weighted by atomic mass is 9.88. The van der Waals surface area contributed by atoms with Crippen LogP contribution in [0.1, 0.15) is 45.2 Å². The van der Waals surface area contributed by atoms with E-state index in [1.807, 2.05) is 12.1 Å². The van der Waals surface area contributed by atoms with Gasteiger partial charge in [-0.3, -0.25) is 4.98 Å². The second kappa shape index (κ2) is 5.25. The van der Waals surface area contributed by atoms with Gasteiger partial charge in [0.2, 0.25) is 0 Å². The number of pyridine rings is 2. The fourth-order valence-corrected chi connectivity index (χ4v) is 2.44. The minimum absolute atomic E-state index is 0.119. The summed E-state index contributed by atoms with van der Waals surface area (Å²) >= 11 is 0. The Hall–Kier alpha value is -2.14. The molecule has 0 saturated carbocycles. The van der Waals surface area contributed by atoms with Gasteiger partial charge in [0.15, 0.2) is 6.23 Å². The summed E-state index contributed by atoms with van der Waals surface area (Å²) in [7, 11) is 0. The second-order valence-electron chi connectivity index (χ2n) is 6.82. The van der Waals surface area contributed by atoms with Gasteiger partial charge in [0.05, 0.1) is 5.69 Å². The van der Waals surface area contributed by atoms with E-state index in [0.717, 1.165) is 27.8 Å². The molecule has 0 saturated heterocycles. The molecule has 0 fully saturated rings. The highest BCUT2D eigenvalue weighted by Gasteiger charge is 2.24. The highest BCUT2D eigenvalue weighted by molar-refractivity contribution is 5.96. The number of anilines is 1. The molecule has 116 valence electrons. The van der Waals surface area contributed by atoms with Gasteiger partial charge in [-0.05, 0) is 24.5 Å². The van der Waals surface area contributed by atoms with Crippen LogP contribution in [0.3, 0.4) is 0 Å². The van der Waals surface area contributed by atoms with E-state index in [4.69, 9.17) is 4.98 Å². The van der Waals surface area contributed by atoms with Crippen molar-refractivity contribution in [3.63, 3.8) is 0 Å². The third kappa shape index (κ3) is 2.52. The van der Waals surface area contributed by atoms with E-state index >= 15 is 0 Å². The third-order valence-corrected chi connectivity index (χ3v) is 4.30. The summed E-state index contributed by atoms with van der Waals surface area (Å²) in [4.78, 5) is 8.93. The predicted molar refractivity (Wildman–Crippen MR) is 89.2 cm³/mol. The molecule has 0 radical (unpaired) electrons. The van der Waals surface area contributed by atoms with Gasteiger partial charge in [0.1, 0.15) is 5.82 Å². The minimum atomic E-state index is -0.756. The average molecular weight is 298 g/mol. The Morgan fingerprint density at radius 1 is 1.32 bits per heavy atom. The number of fused-ring (bicyclic) bond motifs is 3. The summed E-state index contributed by atoms with van der Waals surface area (Å²) in [6.07, 6.45) is 6.38. The largest absolute Gasteiger partial charge is 0.369 e. The molecule has 3 heterocycles. The molecule has 2 atom stereocenters. The van der Waals surface area contributed by atoms with E-state index < -0.39 is 6.23 Å². The molecule has 3 N–H and O–H groups in total. The number of hydrogen-bond acceptors (Lipinski definition) is 5. The van der Waals surface area contributed by atoms with Gasteiger partial charge >= 0.3 is 0 Å². The standard InChI is InChI=1S/C17H22N4O/c1-10(17(2,3)4)20-15-11-5-7-18-9-12(11)14-13(21-15)6-8-19-16(14)22/h5-10,16,19,22H,1-4H3,(H,20,21)/t10-,16?/m1/s1. The minimum Gasteiger partial charge on any atom is -0.369 e.